The Labute approximate surface area is 140 Å². The van der Waals surface area contributed by atoms with Gasteiger partial charge in [0.1, 0.15) is 0 Å². The minimum absolute atomic E-state index is 0.193. The molecule has 0 aliphatic rings. The molecule has 0 radical (unpaired) electrons. The van der Waals surface area contributed by atoms with Gasteiger partial charge in [0.25, 0.3) is 0 Å². The van der Waals surface area contributed by atoms with Gasteiger partial charge in [0.15, 0.2) is 11.3 Å². The molecular weight excluding hydrogens is 366 g/mol. The molecule has 10 nitrogen and oxygen atoms in total. The highest BCUT2D eigenvalue weighted by atomic mass is 31.2. The van der Waals surface area contributed by atoms with Gasteiger partial charge in [0.2, 0.25) is 0 Å². The van der Waals surface area contributed by atoms with Gasteiger partial charge in [-0.1, -0.05) is 0 Å². The maximum atomic E-state index is 12.8. The summed E-state index contributed by atoms with van der Waals surface area (Å²) in [5, 5.41) is 18.9. The van der Waals surface area contributed by atoms with Crippen molar-refractivity contribution < 1.29 is 47.0 Å². The normalized spacial score (nSPS) is 15.0. The second-order valence-electron chi connectivity index (χ2n) is 4.32. The van der Waals surface area contributed by atoms with Crippen LogP contribution in [0.1, 0.15) is 27.7 Å². The average Bonchev–Trinajstić information content (AvgIpc) is 2.44. The molecule has 0 aromatic carbocycles. The van der Waals surface area contributed by atoms with E-state index in [1.165, 1.54) is 27.7 Å². The highest BCUT2D eigenvalue weighted by Crippen LogP contribution is 2.64. The van der Waals surface area contributed by atoms with Crippen LogP contribution in [0.2, 0.25) is 0 Å². The van der Waals surface area contributed by atoms with Crippen LogP contribution < -0.4 is 0 Å². The maximum Gasteiger partial charge on any atom is 0.346 e. The topological polar surface area (TPSA) is 146 Å². The molecule has 0 rings (SSSR count). The third-order valence-corrected chi connectivity index (χ3v) is 7.83. The van der Waals surface area contributed by atoms with Gasteiger partial charge in [-0.05, 0) is 27.7 Å². The zero-order valence-corrected chi connectivity index (χ0v) is 15.8. The summed E-state index contributed by atoms with van der Waals surface area (Å²) < 4.78 is 45.4. The third-order valence-electron chi connectivity index (χ3n) is 2.72. The molecule has 142 valence electrons. The fraction of sp³-hybridized carbons (Fsp3) is 0.833. The Balaban J connectivity index is 6.27. The summed E-state index contributed by atoms with van der Waals surface area (Å²) in [6.45, 7) is 4.97. The summed E-state index contributed by atoms with van der Waals surface area (Å²) in [7, 11) is -8.90. The summed E-state index contributed by atoms with van der Waals surface area (Å²) in [5.41, 5.74) is -4.50. The van der Waals surface area contributed by atoms with Gasteiger partial charge in [-0.3, -0.25) is 18.7 Å². The molecule has 0 saturated heterocycles. The highest BCUT2D eigenvalue weighted by molar-refractivity contribution is 7.60. The fourth-order valence-electron chi connectivity index (χ4n) is 2.00. The number of rotatable bonds is 13. The van der Waals surface area contributed by atoms with Crippen molar-refractivity contribution in [1.82, 2.24) is 0 Å². The number of aliphatic carboxylic acids is 2. The molecule has 2 N–H and O–H groups in total. The van der Waals surface area contributed by atoms with Crippen molar-refractivity contribution in [2.24, 2.45) is 0 Å². The molecule has 0 bridgehead atoms. The lowest BCUT2D eigenvalue weighted by molar-refractivity contribution is -0.143. The van der Waals surface area contributed by atoms with E-state index in [-0.39, 0.29) is 26.4 Å². The van der Waals surface area contributed by atoms with Crippen LogP contribution in [0.25, 0.3) is 0 Å². The van der Waals surface area contributed by atoms with Crippen molar-refractivity contribution in [3.8, 4) is 0 Å². The van der Waals surface area contributed by atoms with Crippen LogP contribution in [0.15, 0.2) is 0 Å². The van der Waals surface area contributed by atoms with E-state index in [0.29, 0.717) is 0 Å². The molecule has 0 fully saturated rings. The lowest BCUT2D eigenvalue weighted by atomic mass is 10.3. The Morgan fingerprint density at radius 3 is 1.04 bits per heavy atom. The Morgan fingerprint density at radius 2 is 0.917 bits per heavy atom. The first-order chi connectivity index (χ1) is 11.1. The first kappa shape index (κ1) is 23.2. The Hall–Kier alpha value is -0.760. The summed E-state index contributed by atoms with van der Waals surface area (Å²) in [5.74, 6) is -3.60. The molecule has 24 heavy (non-hydrogen) atoms. The molecule has 2 unspecified atom stereocenters. The Morgan fingerprint density at radius 1 is 0.708 bits per heavy atom. The summed E-state index contributed by atoms with van der Waals surface area (Å²) in [4.78, 5) is 23.3. The quantitative estimate of drug-likeness (QED) is 0.450. The maximum absolute atomic E-state index is 12.8. The molecule has 0 aliphatic carbocycles. The molecule has 0 spiro atoms. The van der Waals surface area contributed by atoms with E-state index in [0.717, 1.165) is 0 Å². The largest absolute Gasteiger partial charge is 0.481 e. The monoisotopic (exact) mass is 390 g/mol. The lowest BCUT2D eigenvalue weighted by Crippen LogP contribution is -2.41. The minimum Gasteiger partial charge on any atom is -0.481 e. The van der Waals surface area contributed by atoms with Crippen molar-refractivity contribution in [2.45, 2.75) is 39.0 Å². The summed E-state index contributed by atoms with van der Waals surface area (Å²) in [6, 6.07) is 0. The first-order valence-electron chi connectivity index (χ1n) is 7.36. The average molecular weight is 390 g/mol. The smallest absolute Gasteiger partial charge is 0.346 e. The van der Waals surface area contributed by atoms with Crippen molar-refractivity contribution in [3.63, 3.8) is 0 Å². The standard InChI is InChI=1S/C12H24O10P2/c1-5-19-23(17,20-6-2)9(11(13)14)10(12(15)16)24(18,21-7-3)22-8-4/h9-10H,5-8H2,1-4H3,(H,13,14)(H,15,16). The van der Waals surface area contributed by atoms with Crippen molar-refractivity contribution in [3.05, 3.63) is 0 Å². The zero-order chi connectivity index (χ0) is 19.0. The molecule has 2 atom stereocenters. The van der Waals surface area contributed by atoms with Gasteiger partial charge in [-0.2, -0.15) is 0 Å². The van der Waals surface area contributed by atoms with Crippen LogP contribution in [0.4, 0.5) is 0 Å². The molecule has 0 aromatic heterocycles. The number of carbonyl (C=O) groups is 2. The zero-order valence-electron chi connectivity index (χ0n) is 14.0. The molecule has 0 saturated carbocycles. The third kappa shape index (κ3) is 5.65. The minimum atomic E-state index is -4.45. The van der Waals surface area contributed by atoms with E-state index < -0.39 is 38.4 Å². The van der Waals surface area contributed by atoms with Gasteiger partial charge in [0.05, 0.1) is 26.4 Å². The summed E-state index contributed by atoms with van der Waals surface area (Å²) in [6.07, 6.45) is 0. The van der Waals surface area contributed by atoms with Crippen LogP contribution in [0.5, 0.6) is 0 Å². The van der Waals surface area contributed by atoms with Gasteiger partial charge in [-0.25, -0.2) is 0 Å². The van der Waals surface area contributed by atoms with Crippen LogP contribution in [0.3, 0.4) is 0 Å². The van der Waals surface area contributed by atoms with Crippen LogP contribution in [-0.4, -0.2) is 59.9 Å². The van der Waals surface area contributed by atoms with Crippen LogP contribution in [-0.2, 0) is 36.8 Å². The van der Waals surface area contributed by atoms with Gasteiger partial charge in [0, 0.05) is 0 Å². The van der Waals surface area contributed by atoms with E-state index in [1.54, 1.807) is 0 Å². The summed E-state index contributed by atoms with van der Waals surface area (Å²) >= 11 is 0. The van der Waals surface area contributed by atoms with Crippen LogP contribution in [0, 0.1) is 0 Å². The van der Waals surface area contributed by atoms with Crippen LogP contribution >= 0.6 is 15.2 Å². The highest BCUT2D eigenvalue weighted by Gasteiger charge is 2.58. The van der Waals surface area contributed by atoms with Gasteiger partial charge >= 0.3 is 27.1 Å². The molecule has 0 aromatic rings. The van der Waals surface area contributed by atoms with Gasteiger partial charge in [-0.15, -0.1) is 0 Å². The fourth-order valence-corrected chi connectivity index (χ4v) is 6.70. The van der Waals surface area contributed by atoms with E-state index >= 15 is 0 Å². The number of hydrogen-bond acceptors (Lipinski definition) is 8. The Kier molecular flexibility index (Phi) is 9.96. The van der Waals surface area contributed by atoms with E-state index in [9.17, 15) is 28.9 Å². The van der Waals surface area contributed by atoms with E-state index in [4.69, 9.17) is 18.1 Å². The molecular formula is C12H24O10P2. The number of carboxylic acid groups (broad SMARTS) is 2. The Bertz CT molecular complexity index is 454. The molecule has 0 amide bonds. The second kappa shape index (κ2) is 10.3. The predicted octanol–water partition coefficient (Wildman–Crippen LogP) is 2.43. The lowest BCUT2D eigenvalue weighted by Gasteiger charge is -2.31. The number of carboxylic acids is 2. The predicted molar refractivity (Wildman–Crippen MR) is 84.6 cm³/mol. The molecule has 0 aliphatic heterocycles. The van der Waals surface area contributed by atoms with E-state index in [2.05, 4.69) is 0 Å². The van der Waals surface area contributed by atoms with E-state index in [1.807, 2.05) is 0 Å². The SMILES string of the molecule is CCOP(=O)(OCC)C(C(=O)O)C(C(=O)O)P(=O)(OCC)OCC. The second-order valence-corrected chi connectivity index (χ2v) is 8.62. The molecule has 12 heteroatoms. The molecule has 0 heterocycles. The van der Waals surface area contributed by atoms with Crippen molar-refractivity contribution in [2.75, 3.05) is 26.4 Å². The van der Waals surface area contributed by atoms with Gasteiger partial charge < -0.3 is 28.3 Å². The van der Waals surface area contributed by atoms with Crippen molar-refractivity contribution in [1.29, 1.82) is 0 Å². The van der Waals surface area contributed by atoms with Crippen molar-refractivity contribution >= 4 is 27.1 Å². The first-order valence-corrected chi connectivity index (χ1v) is 10.6. The number of hydrogen-bond donors (Lipinski definition) is 2.